The van der Waals surface area contributed by atoms with Gasteiger partial charge < -0.3 is 21.5 Å². The third-order valence-electron chi connectivity index (χ3n) is 6.57. The predicted octanol–water partition coefficient (Wildman–Crippen LogP) is 4.17. The van der Waals surface area contributed by atoms with Gasteiger partial charge in [0.15, 0.2) is 0 Å². The molecular weight excluding hydrogens is 483 g/mol. The van der Waals surface area contributed by atoms with Crippen LogP contribution in [0.15, 0.2) is 60.7 Å². The van der Waals surface area contributed by atoms with E-state index in [1.807, 2.05) is 53.4 Å². The van der Waals surface area contributed by atoms with Gasteiger partial charge in [-0.3, -0.25) is 9.69 Å². The number of halogens is 2. The van der Waals surface area contributed by atoms with Crippen molar-refractivity contribution in [2.24, 2.45) is 5.73 Å². The van der Waals surface area contributed by atoms with Crippen molar-refractivity contribution >= 4 is 39.9 Å². The van der Waals surface area contributed by atoms with Crippen LogP contribution in [0.3, 0.4) is 0 Å². The fraction of sp³-hybridized carbons (Fsp3) is 0.370. The van der Waals surface area contributed by atoms with Gasteiger partial charge in [-0.2, -0.15) is 0 Å². The average molecular weight is 515 g/mol. The van der Waals surface area contributed by atoms with E-state index in [-0.39, 0.29) is 18.0 Å². The molecule has 1 fully saturated rings. The molecule has 0 spiro atoms. The van der Waals surface area contributed by atoms with Crippen molar-refractivity contribution in [2.45, 2.75) is 44.1 Å². The number of rotatable bonds is 8. The van der Waals surface area contributed by atoms with Crippen LogP contribution in [0.2, 0.25) is 10.0 Å². The summed E-state index contributed by atoms with van der Waals surface area (Å²) in [7, 11) is 0. The van der Waals surface area contributed by atoms with Crippen LogP contribution in [0.5, 0.6) is 0 Å². The van der Waals surface area contributed by atoms with Gasteiger partial charge in [-0.05, 0) is 72.5 Å². The maximum absolute atomic E-state index is 12.9. The number of benzene rings is 3. The smallest absolute Gasteiger partial charge is 0.251 e. The van der Waals surface area contributed by atoms with Crippen LogP contribution in [0.1, 0.15) is 35.2 Å². The van der Waals surface area contributed by atoms with Crippen LogP contribution in [0.25, 0.3) is 10.8 Å². The van der Waals surface area contributed by atoms with Gasteiger partial charge in [0.1, 0.15) is 6.23 Å². The summed E-state index contributed by atoms with van der Waals surface area (Å²) in [6.07, 6.45) is 1.56. The van der Waals surface area contributed by atoms with E-state index in [1.165, 1.54) is 0 Å². The third kappa shape index (κ3) is 6.73. The van der Waals surface area contributed by atoms with Gasteiger partial charge in [0.25, 0.3) is 5.91 Å². The molecule has 3 aromatic rings. The topological polar surface area (TPSA) is 90.6 Å². The SMILES string of the molecule is NCCC[C@@H]1N[C@H](CNC(=O)c2ccc3ccccc3c2)CCN(Cc2cc(Cl)ccc2Cl)C1O. The second kappa shape index (κ2) is 12.2. The van der Waals surface area contributed by atoms with Gasteiger partial charge in [-0.1, -0.05) is 53.5 Å². The summed E-state index contributed by atoms with van der Waals surface area (Å²) < 4.78 is 0. The van der Waals surface area contributed by atoms with E-state index < -0.39 is 6.23 Å². The first-order valence-corrected chi connectivity index (χ1v) is 12.8. The number of hydrogen-bond donors (Lipinski definition) is 4. The summed E-state index contributed by atoms with van der Waals surface area (Å²) in [5, 5.41) is 21.2. The fourth-order valence-corrected chi connectivity index (χ4v) is 4.99. The lowest BCUT2D eigenvalue weighted by molar-refractivity contribution is -0.0219. The zero-order valence-electron chi connectivity index (χ0n) is 19.6. The third-order valence-corrected chi connectivity index (χ3v) is 7.17. The van der Waals surface area contributed by atoms with Crippen molar-refractivity contribution in [3.05, 3.63) is 81.8 Å². The Bertz CT molecular complexity index is 1160. The molecule has 8 heteroatoms. The summed E-state index contributed by atoms with van der Waals surface area (Å²) in [5.74, 6) is -0.108. The Kier molecular flexibility index (Phi) is 9.00. The van der Waals surface area contributed by atoms with Gasteiger partial charge in [0.2, 0.25) is 0 Å². The van der Waals surface area contributed by atoms with Crippen LogP contribution >= 0.6 is 23.2 Å². The molecule has 0 radical (unpaired) electrons. The molecule has 0 aliphatic carbocycles. The quantitative estimate of drug-likeness (QED) is 0.362. The number of carbonyl (C=O) groups is 1. The Hall–Kier alpha value is -2.19. The summed E-state index contributed by atoms with van der Waals surface area (Å²) in [4.78, 5) is 14.9. The summed E-state index contributed by atoms with van der Waals surface area (Å²) in [6, 6.07) is 18.9. The van der Waals surface area contributed by atoms with E-state index in [0.29, 0.717) is 41.8 Å². The van der Waals surface area contributed by atoms with Crippen molar-refractivity contribution < 1.29 is 9.90 Å². The molecule has 6 nitrogen and oxygen atoms in total. The molecule has 1 aliphatic heterocycles. The maximum atomic E-state index is 12.9. The first kappa shape index (κ1) is 25.9. The number of carbonyl (C=O) groups excluding carboxylic acids is 1. The van der Waals surface area contributed by atoms with Crippen molar-refractivity contribution in [3.63, 3.8) is 0 Å². The highest BCUT2D eigenvalue weighted by molar-refractivity contribution is 6.33. The Morgan fingerprint density at radius 3 is 2.71 bits per heavy atom. The Balaban J connectivity index is 1.43. The molecule has 0 aromatic heterocycles. The largest absolute Gasteiger partial charge is 0.377 e. The van der Waals surface area contributed by atoms with E-state index in [9.17, 15) is 9.90 Å². The highest BCUT2D eigenvalue weighted by Gasteiger charge is 2.31. The first-order chi connectivity index (χ1) is 16.9. The lowest BCUT2D eigenvalue weighted by Gasteiger charge is -2.31. The summed E-state index contributed by atoms with van der Waals surface area (Å²) in [5.41, 5.74) is 7.26. The molecule has 1 amide bonds. The predicted molar refractivity (Wildman–Crippen MR) is 143 cm³/mol. The van der Waals surface area contributed by atoms with Crippen molar-refractivity contribution in [2.75, 3.05) is 19.6 Å². The fourth-order valence-electron chi connectivity index (χ4n) is 4.62. The number of hydrogen-bond acceptors (Lipinski definition) is 5. The minimum absolute atomic E-state index is 0.0108. The Morgan fingerprint density at radius 1 is 1.11 bits per heavy atom. The van der Waals surface area contributed by atoms with E-state index in [4.69, 9.17) is 28.9 Å². The number of amides is 1. The molecule has 0 bridgehead atoms. The second-order valence-corrected chi connectivity index (χ2v) is 9.93. The highest BCUT2D eigenvalue weighted by atomic mass is 35.5. The second-order valence-electron chi connectivity index (χ2n) is 9.08. The lowest BCUT2D eigenvalue weighted by atomic mass is 10.1. The molecule has 1 saturated heterocycles. The minimum Gasteiger partial charge on any atom is -0.377 e. The average Bonchev–Trinajstić information content (AvgIpc) is 3.01. The molecule has 1 heterocycles. The summed E-state index contributed by atoms with van der Waals surface area (Å²) >= 11 is 12.6. The lowest BCUT2D eigenvalue weighted by Crippen LogP contribution is -2.51. The van der Waals surface area contributed by atoms with E-state index in [0.717, 1.165) is 35.6 Å². The molecule has 3 aromatic carbocycles. The molecule has 5 N–H and O–H groups in total. The molecular formula is C27H32Cl2N4O2. The van der Waals surface area contributed by atoms with E-state index >= 15 is 0 Å². The van der Waals surface area contributed by atoms with Crippen molar-refractivity contribution in [1.29, 1.82) is 0 Å². The minimum atomic E-state index is -0.710. The molecule has 4 rings (SSSR count). The standard InChI is InChI=1S/C27H32Cl2N4O2/c28-22-9-10-24(29)21(15-22)17-33-13-11-23(32-25(27(33)35)6-3-12-30)16-31-26(34)20-8-7-18-4-1-2-5-19(18)14-20/h1-2,4-5,7-10,14-15,23,25,27,32,35H,3,6,11-13,16-17,30H2,(H,31,34)/t23-,25-,27?/m0/s1. The Labute approximate surface area is 216 Å². The van der Waals surface area contributed by atoms with Gasteiger partial charge in [0, 0.05) is 47.3 Å². The van der Waals surface area contributed by atoms with E-state index in [2.05, 4.69) is 10.6 Å². The van der Waals surface area contributed by atoms with Gasteiger partial charge >= 0.3 is 0 Å². The number of nitrogens with two attached hydrogens (primary N) is 1. The number of aliphatic hydroxyl groups is 1. The normalized spacial score (nSPS) is 21.1. The van der Waals surface area contributed by atoms with Crippen LogP contribution < -0.4 is 16.4 Å². The first-order valence-electron chi connectivity index (χ1n) is 12.0. The van der Waals surface area contributed by atoms with Gasteiger partial charge in [0.05, 0.1) is 0 Å². The van der Waals surface area contributed by atoms with Crippen LogP contribution in [-0.2, 0) is 6.54 Å². The van der Waals surface area contributed by atoms with Crippen LogP contribution in [0.4, 0.5) is 0 Å². The van der Waals surface area contributed by atoms with Crippen LogP contribution in [0, 0.1) is 0 Å². The van der Waals surface area contributed by atoms with E-state index in [1.54, 1.807) is 12.1 Å². The van der Waals surface area contributed by atoms with Crippen LogP contribution in [-0.4, -0.2) is 53.9 Å². The number of nitrogens with one attached hydrogen (secondary N) is 2. The van der Waals surface area contributed by atoms with Crippen molar-refractivity contribution in [1.82, 2.24) is 15.5 Å². The number of fused-ring (bicyclic) bond motifs is 1. The molecule has 186 valence electrons. The van der Waals surface area contributed by atoms with Crippen molar-refractivity contribution in [3.8, 4) is 0 Å². The van der Waals surface area contributed by atoms with Gasteiger partial charge in [-0.25, -0.2) is 0 Å². The molecule has 1 aliphatic rings. The maximum Gasteiger partial charge on any atom is 0.251 e. The molecule has 1 unspecified atom stereocenters. The highest BCUT2D eigenvalue weighted by Crippen LogP contribution is 2.25. The number of nitrogens with zero attached hydrogens (tertiary/aromatic N) is 1. The zero-order valence-corrected chi connectivity index (χ0v) is 21.1. The Morgan fingerprint density at radius 2 is 1.91 bits per heavy atom. The molecule has 0 saturated carbocycles. The monoisotopic (exact) mass is 514 g/mol. The number of aliphatic hydroxyl groups excluding tert-OH is 1. The zero-order chi connectivity index (χ0) is 24.8. The van der Waals surface area contributed by atoms with Gasteiger partial charge in [-0.15, -0.1) is 0 Å². The molecule has 35 heavy (non-hydrogen) atoms. The molecule has 3 atom stereocenters. The summed E-state index contributed by atoms with van der Waals surface area (Å²) in [6.45, 7) is 2.14.